The van der Waals surface area contributed by atoms with Crippen LogP contribution in [0.25, 0.3) is 0 Å². The summed E-state index contributed by atoms with van der Waals surface area (Å²) in [5.74, 6) is 0. The van der Waals surface area contributed by atoms with Crippen molar-refractivity contribution in [2.75, 3.05) is 6.61 Å². The molecular weight excluding hydrogens is 303 g/mol. The fourth-order valence-electron chi connectivity index (χ4n) is 0.738. The van der Waals surface area contributed by atoms with Crippen LogP contribution in [0.4, 0.5) is 0 Å². The van der Waals surface area contributed by atoms with Crippen molar-refractivity contribution in [2.24, 2.45) is 0 Å². The second-order valence-corrected chi connectivity index (χ2v) is 10.7. The van der Waals surface area contributed by atoms with Crippen molar-refractivity contribution in [2.45, 2.75) is 52.2 Å². The average Bonchev–Trinajstić information content (AvgIpc) is 2.01. The van der Waals surface area contributed by atoms with Crippen molar-refractivity contribution in [3.05, 3.63) is 9.66 Å². The molecule has 0 rings (SSSR count). The maximum Gasteiger partial charge on any atom is 0.191 e. The van der Waals surface area contributed by atoms with Crippen LogP contribution in [0.1, 0.15) is 34.1 Å². The van der Waals surface area contributed by atoms with Crippen LogP contribution < -0.4 is 0 Å². The fourth-order valence-corrected chi connectivity index (χ4v) is 2.10. The van der Waals surface area contributed by atoms with Gasteiger partial charge in [-0.05, 0) is 35.6 Å². The first-order chi connectivity index (χ1) is 6.20. The van der Waals surface area contributed by atoms with Crippen molar-refractivity contribution in [1.82, 2.24) is 0 Å². The Kier molecular flexibility index (Phi) is 5.92. The van der Waals surface area contributed by atoms with Gasteiger partial charge >= 0.3 is 0 Å². The summed E-state index contributed by atoms with van der Waals surface area (Å²) in [6, 6.07) is 0. The van der Waals surface area contributed by atoms with Crippen LogP contribution in [0.15, 0.2) is 9.66 Å². The molecule has 14 heavy (non-hydrogen) atoms. The quantitative estimate of drug-likeness (QED) is 0.536. The summed E-state index contributed by atoms with van der Waals surface area (Å²) in [5, 5.41) is 0.328. The Morgan fingerprint density at radius 2 is 1.86 bits per heavy atom. The summed E-state index contributed by atoms with van der Waals surface area (Å²) in [6.45, 7) is 14.5. The predicted octanol–water partition coefficient (Wildman–Crippen LogP) is 4.74. The van der Waals surface area contributed by atoms with Gasteiger partial charge in [-0.2, -0.15) is 0 Å². The van der Waals surface area contributed by atoms with E-state index in [1.165, 1.54) is 5.57 Å². The Labute approximate surface area is 104 Å². The predicted molar refractivity (Wildman–Crippen MR) is 75.5 cm³/mol. The molecule has 0 heterocycles. The Morgan fingerprint density at radius 1 is 1.36 bits per heavy atom. The molecule has 0 atom stereocenters. The van der Waals surface area contributed by atoms with Crippen LogP contribution in [0.2, 0.25) is 18.1 Å². The molecule has 0 radical (unpaired) electrons. The molecule has 0 aromatic rings. The van der Waals surface area contributed by atoms with Gasteiger partial charge in [0.25, 0.3) is 0 Å². The minimum absolute atomic E-state index is 0.328. The molecule has 0 saturated heterocycles. The lowest BCUT2D eigenvalue weighted by molar-refractivity contribution is 0.292. The molecule has 0 bridgehead atoms. The summed E-state index contributed by atoms with van der Waals surface area (Å²) >= 11 is 2.28. The van der Waals surface area contributed by atoms with E-state index in [-0.39, 0.29) is 0 Å². The summed E-state index contributed by atoms with van der Waals surface area (Å²) in [5.41, 5.74) is 1.41. The molecular formula is C11H23IOSi. The number of halogens is 1. The minimum atomic E-state index is -1.51. The Balaban J connectivity index is 4.01. The standard InChI is InChI=1S/C11H23IOSi/c1-10(9-12)7-8-13-14(5,6)11(2,3)4/h9H,7-8H2,1-6H3/b10-9-. The first-order valence-electron chi connectivity index (χ1n) is 5.10. The van der Waals surface area contributed by atoms with E-state index in [1.807, 2.05) is 0 Å². The maximum absolute atomic E-state index is 6.06. The SMILES string of the molecule is C/C(=C/I)CCO[Si](C)(C)C(C)(C)C. The van der Waals surface area contributed by atoms with E-state index in [0.29, 0.717) is 5.04 Å². The molecule has 0 amide bonds. The van der Waals surface area contributed by atoms with Crippen LogP contribution in [0, 0.1) is 0 Å². The average molecular weight is 326 g/mol. The molecule has 0 fully saturated rings. The molecule has 0 aromatic heterocycles. The zero-order chi connectivity index (χ0) is 11.4. The molecule has 0 aromatic carbocycles. The highest BCUT2D eigenvalue weighted by atomic mass is 127. The normalized spacial score (nSPS) is 14.6. The topological polar surface area (TPSA) is 9.23 Å². The number of hydrogen-bond donors (Lipinski definition) is 0. The first kappa shape index (κ1) is 14.6. The zero-order valence-corrected chi connectivity index (χ0v) is 13.4. The number of hydrogen-bond acceptors (Lipinski definition) is 1. The van der Waals surface area contributed by atoms with Gasteiger partial charge in [0.1, 0.15) is 0 Å². The van der Waals surface area contributed by atoms with Gasteiger partial charge in [0.15, 0.2) is 8.32 Å². The van der Waals surface area contributed by atoms with Crippen LogP contribution in [-0.4, -0.2) is 14.9 Å². The van der Waals surface area contributed by atoms with Crippen molar-refractivity contribution >= 4 is 30.9 Å². The first-order valence-corrected chi connectivity index (χ1v) is 9.26. The summed E-state index contributed by atoms with van der Waals surface area (Å²) in [6.07, 6.45) is 1.06. The Morgan fingerprint density at radius 3 is 2.21 bits per heavy atom. The molecule has 0 aliphatic heterocycles. The molecule has 0 unspecified atom stereocenters. The van der Waals surface area contributed by atoms with Crippen LogP contribution in [-0.2, 0) is 4.43 Å². The highest BCUT2D eigenvalue weighted by Gasteiger charge is 2.36. The molecule has 0 spiro atoms. The largest absolute Gasteiger partial charge is 0.417 e. The fraction of sp³-hybridized carbons (Fsp3) is 0.818. The summed E-state index contributed by atoms with van der Waals surface area (Å²) in [4.78, 5) is 0. The second kappa shape index (κ2) is 5.65. The van der Waals surface area contributed by atoms with Crippen LogP contribution in [0.5, 0.6) is 0 Å². The van der Waals surface area contributed by atoms with Crippen molar-refractivity contribution < 1.29 is 4.43 Å². The van der Waals surface area contributed by atoms with Gasteiger partial charge in [-0.15, -0.1) is 0 Å². The molecule has 0 aliphatic carbocycles. The minimum Gasteiger partial charge on any atom is -0.417 e. The smallest absolute Gasteiger partial charge is 0.191 e. The van der Waals surface area contributed by atoms with Crippen molar-refractivity contribution in [3.63, 3.8) is 0 Å². The van der Waals surface area contributed by atoms with Crippen LogP contribution >= 0.6 is 22.6 Å². The lowest BCUT2D eigenvalue weighted by Gasteiger charge is -2.36. The number of rotatable bonds is 4. The van der Waals surface area contributed by atoms with Crippen LogP contribution in [0.3, 0.4) is 0 Å². The van der Waals surface area contributed by atoms with E-state index in [0.717, 1.165) is 13.0 Å². The van der Waals surface area contributed by atoms with E-state index in [1.54, 1.807) is 0 Å². The van der Waals surface area contributed by atoms with Gasteiger partial charge in [0.2, 0.25) is 0 Å². The van der Waals surface area contributed by atoms with E-state index >= 15 is 0 Å². The third-order valence-corrected chi connectivity index (χ3v) is 8.55. The molecule has 3 heteroatoms. The highest BCUT2D eigenvalue weighted by Crippen LogP contribution is 2.36. The Bertz CT molecular complexity index is 204. The highest BCUT2D eigenvalue weighted by molar-refractivity contribution is 14.1. The van der Waals surface area contributed by atoms with E-state index in [2.05, 4.69) is 67.5 Å². The van der Waals surface area contributed by atoms with Crippen molar-refractivity contribution in [3.8, 4) is 0 Å². The van der Waals surface area contributed by atoms with E-state index in [4.69, 9.17) is 4.43 Å². The summed E-state index contributed by atoms with van der Waals surface area (Å²) in [7, 11) is -1.51. The van der Waals surface area contributed by atoms with E-state index < -0.39 is 8.32 Å². The monoisotopic (exact) mass is 326 g/mol. The molecule has 0 N–H and O–H groups in total. The van der Waals surface area contributed by atoms with Gasteiger partial charge in [0, 0.05) is 6.61 Å². The Hall–Kier alpha value is 0.647. The molecule has 1 nitrogen and oxygen atoms in total. The van der Waals surface area contributed by atoms with Crippen molar-refractivity contribution in [1.29, 1.82) is 0 Å². The third kappa shape index (κ3) is 4.93. The third-order valence-electron chi connectivity index (χ3n) is 2.95. The maximum atomic E-state index is 6.06. The molecule has 84 valence electrons. The van der Waals surface area contributed by atoms with Gasteiger partial charge in [-0.3, -0.25) is 0 Å². The van der Waals surface area contributed by atoms with Gasteiger partial charge in [0.05, 0.1) is 0 Å². The summed E-state index contributed by atoms with van der Waals surface area (Å²) < 4.78 is 8.19. The lowest BCUT2D eigenvalue weighted by atomic mass is 10.2. The van der Waals surface area contributed by atoms with E-state index in [9.17, 15) is 0 Å². The zero-order valence-electron chi connectivity index (χ0n) is 10.3. The van der Waals surface area contributed by atoms with Gasteiger partial charge in [-0.25, -0.2) is 0 Å². The molecule has 0 saturated carbocycles. The second-order valence-electron chi connectivity index (χ2n) is 5.31. The van der Waals surface area contributed by atoms with Gasteiger partial charge in [-0.1, -0.05) is 48.9 Å². The molecule has 0 aliphatic rings. The van der Waals surface area contributed by atoms with Gasteiger partial charge < -0.3 is 4.43 Å². The lowest BCUT2D eigenvalue weighted by Crippen LogP contribution is -2.40.